The lowest BCUT2D eigenvalue weighted by Crippen LogP contribution is -2.25. The Morgan fingerprint density at radius 1 is 1.60 bits per heavy atom. The molecular weight excluding hydrogens is 124 g/mol. The number of rotatable bonds is 1. The second kappa shape index (κ2) is 3.94. The third-order valence-electron chi connectivity index (χ3n) is 2.25. The highest BCUT2D eigenvalue weighted by Gasteiger charge is 2.12. The lowest BCUT2D eigenvalue weighted by atomic mass is 10.1. The molecule has 0 radical (unpaired) electrons. The third-order valence-corrected chi connectivity index (χ3v) is 2.25. The molecule has 0 amide bonds. The molecular formula is C8H18N2. The molecule has 1 saturated heterocycles. The van der Waals surface area contributed by atoms with Crippen LogP contribution in [-0.2, 0) is 0 Å². The lowest BCUT2D eigenvalue weighted by Gasteiger charge is -2.17. The summed E-state index contributed by atoms with van der Waals surface area (Å²) in [4.78, 5) is 2.41. The summed E-state index contributed by atoms with van der Waals surface area (Å²) < 4.78 is 0. The van der Waals surface area contributed by atoms with E-state index in [-0.39, 0.29) is 0 Å². The summed E-state index contributed by atoms with van der Waals surface area (Å²) in [6.45, 7) is 7.11. The minimum atomic E-state index is 0.868. The van der Waals surface area contributed by atoms with Gasteiger partial charge in [0.15, 0.2) is 0 Å². The highest BCUT2D eigenvalue weighted by molar-refractivity contribution is 4.69. The summed E-state index contributed by atoms with van der Waals surface area (Å²) in [5.74, 6) is 0.868. The molecule has 1 unspecified atom stereocenters. The summed E-state index contributed by atoms with van der Waals surface area (Å²) in [6.07, 6.45) is 1.30. The van der Waals surface area contributed by atoms with E-state index < -0.39 is 0 Å². The van der Waals surface area contributed by atoms with Gasteiger partial charge in [0.2, 0.25) is 0 Å². The van der Waals surface area contributed by atoms with Crippen molar-refractivity contribution in [1.29, 1.82) is 0 Å². The molecule has 1 N–H and O–H groups in total. The number of hydrogen-bond donors (Lipinski definition) is 1. The van der Waals surface area contributed by atoms with Crippen molar-refractivity contribution < 1.29 is 0 Å². The Morgan fingerprint density at radius 3 is 3.10 bits per heavy atom. The molecule has 0 aliphatic carbocycles. The maximum atomic E-state index is 3.44. The van der Waals surface area contributed by atoms with Gasteiger partial charge in [-0.15, -0.1) is 0 Å². The molecule has 1 atom stereocenters. The average molecular weight is 142 g/mol. The predicted molar refractivity (Wildman–Crippen MR) is 44.1 cm³/mol. The first-order valence-corrected chi connectivity index (χ1v) is 4.22. The largest absolute Gasteiger partial charge is 0.315 e. The minimum Gasteiger partial charge on any atom is -0.315 e. The van der Waals surface area contributed by atoms with E-state index >= 15 is 0 Å². The Labute approximate surface area is 63.6 Å². The van der Waals surface area contributed by atoms with Gasteiger partial charge in [0, 0.05) is 19.6 Å². The third kappa shape index (κ3) is 2.27. The van der Waals surface area contributed by atoms with Crippen LogP contribution < -0.4 is 5.32 Å². The average Bonchev–Trinajstić information content (AvgIpc) is 2.13. The predicted octanol–water partition coefficient (Wildman–Crippen LogP) is 0.548. The van der Waals surface area contributed by atoms with E-state index in [1.54, 1.807) is 0 Å². The summed E-state index contributed by atoms with van der Waals surface area (Å²) >= 11 is 0. The molecule has 0 saturated carbocycles. The minimum absolute atomic E-state index is 0.868. The van der Waals surface area contributed by atoms with Gasteiger partial charge in [-0.2, -0.15) is 0 Å². The van der Waals surface area contributed by atoms with Crippen molar-refractivity contribution in [2.45, 2.75) is 13.3 Å². The molecule has 0 aromatic heterocycles. The van der Waals surface area contributed by atoms with E-state index in [1.807, 2.05) is 0 Å². The fraction of sp³-hybridized carbons (Fsp3) is 1.00. The molecule has 0 bridgehead atoms. The van der Waals surface area contributed by atoms with Crippen molar-refractivity contribution in [2.24, 2.45) is 5.92 Å². The SMILES string of the molecule is CCC1CNCCN(C)C1. The van der Waals surface area contributed by atoms with Gasteiger partial charge in [-0.05, 0) is 19.5 Å². The van der Waals surface area contributed by atoms with E-state index in [9.17, 15) is 0 Å². The normalized spacial score (nSPS) is 30.0. The Balaban J connectivity index is 2.30. The molecule has 0 spiro atoms. The summed E-state index contributed by atoms with van der Waals surface area (Å²) in [7, 11) is 2.20. The van der Waals surface area contributed by atoms with Crippen LogP contribution >= 0.6 is 0 Å². The molecule has 1 fully saturated rings. The monoisotopic (exact) mass is 142 g/mol. The van der Waals surface area contributed by atoms with Crippen LogP contribution in [0.4, 0.5) is 0 Å². The molecule has 0 aromatic carbocycles. The Bertz CT molecular complexity index is 93.3. The Morgan fingerprint density at radius 2 is 2.40 bits per heavy atom. The number of nitrogens with zero attached hydrogens (tertiary/aromatic N) is 1. The highest BCUT2D eigenvalue weighted by atomic mass is 15.1. The van der Waals surface area contributed by atoms with E-state index in [0.717, 1.165) is 12.5 Å². The molecule has 2 heteroatoms. The summed E-state index contributed by atoms with van der Waals surface area (Å²) in [6, 6.07) is 0. The van der Waals surface area contributed by atoms with Crippen LogP contribution in [0.5, 0.6) is 0 Å². The van der Waals surface area contributed by atoms with Crippen LogP contribution in [0.25, 0.3) is 0 Å². The van der Waals surface area contributed by atoms with Gasteiger partial charge >= 0.3 is 0 Å². The molecule has 60 valence electrons. The van der Waals surface area contributed by atoms with Crippen molar-refractivity contribution in [2.75, 3.05) is 33.2 Å². The van der Waals surface area contributed by atoms with Gasteiger partial charge in [0.1, 0.15) is 0 Å². The molecule has 1 aliphatic rings. The standard InChI is InChI=1S/C8H18N2/c1-3-8-6-9-4-5-10(2)7-8/h8-9H,3-7H2,1-2H3. The fourth-order valence-electron chi connectivity index (χ4n) is 1.45. The van der Waals surface area contributed by atoms with Gasteiger partial charge in [0.25, 0.3) is 0 Å². The number of nitrogens with one attached hydrogen (secondary N) is 1. The van der Waals surface area contributed by atoms with Crippen molar-refractivity contribution in [1.82, 2.24) is 10.2 Å². The van der Waals surface area contributed by atoms with Crippen LogP contribution in [0.1, 0.15) is 13.3 Å². The lowest BCUT2D eigenvalue weighted by molar-refractivity contribution is 0.306. The first kappa shape index (κ1) is 8.02. The molecule has 1 aliphatic heterocycles. The maximum absolute atomic E-state index is 3.44. The quantitative estimate of drug-likeness (QED) is 0.575. The molecule has 0 aromatic rings. The first-order chi connectivity index (χ1) is 4.83. The van der Waals surface area contributed by atoms with Gasteiger partial charge in [-0.3, -0.25) is 0 Å². The van der Waals surface area contributed by atoms with Crippen LogP contribution in [-0.4, -0.2) is 38.1 Å². The number of hydrogen-bond acceptors (Lipinski definition) is 2. The molecule has 1 rings (SSSR count). The van der Waals surface area contributed by atoms with Gasteiger partial charge < -0.3 is 10.2 Å². The maximum Gasteiger partial charge on any atom is 0.0104 e. The van der Waals surface area contributed by atoms with Crippen LogP contribution in [0.15, 0.2) is 0 Å². The second-order valence-corrected chi connectivity index (χ2v) is 3.24. The zero-order valence-electron chi connectivity index (χ0n) is 7.06. The smallest absolute Gasteiger partial charge is 0.0104 e. The van der Waals surface area contributed by atoms with E-state index in [2.05, 4.69) is 24.2 Å². The van der Waals surface area contributed by atoms with Crippen molar-refractivity contribution >= 4 is 0 Å². The van der Waals surface area contributed by atoms with Crippen molar-refractivity contribution in [3.05, 3.63) is 0 Å². The van der Waals surface area contributed by atoms with E-state index in [0.29, 0.717) is 0 Å². The molecule has 10 heavy (non-hydrogen) atoms. The van der Waals surface area contributed by atoms with E-state index in [1.165, 1.54) is 26.1 Å². The van der Waals surface area contributed by atoms with Gasteiger partial charge in [-0.25, -0.2) is 0 Å². The summed E-state index contributed by atoms with van der Waals surface area (Å²) in [5, 5.41) is 3.44. The second-order valence-electron chi connectivity index (χ2n) is 3.24. The fourth-order valence-corrected chi connectivity index (χ4v) is 1.45. The first-order valence-electron chi connectivity index (χ1n) is 4.22. The molecule has 2 nitrogen and oxygen atoms in total. The zero-order valence-corrected chi connectivity index (χ0v) is 7.06. The Hall–Kier alpha value is -0.0800. The van der Waals surface area contributed by atoms with Crippen molar-refractivity contribution in [3.63, 3.8) is 0 Å². The molecule has 1 heterocycles. The van der Waals surface area contributed by atoms with E-state index in [4.69, 9.17) is 0 Å². The highest BCUT2D eigenvalue weighted by Crippen LogP contribution is 2.04. The summed E-state index contributed by atoms with van der Waals surface area (Å²) in [5.41, 5.74) is 0. The van der Waals surface area contributed by atoms with Crippen molar-refractivity contribution in [3.8, 4) is 0 Å². The Kier molecular flexibility index (Phi) is 3.16. The zero-order chi connectivity index (χ0) is 7.40. The van der Waals surface area contributed by atoms with Crippen LogP contribution in [0.2, 0.25) is 0 Å². The van der Waals surface area contributed by atoms with Crippen LogP contribution in [0.3, 0.4) is 0 Å². The number of likely N-dealkylation sites (N-methyl/N-ethyl adjacent to an activating group) is 1. The van der Waals surface area contributed by atoms with Gasteiger partial charge in [0.05, 0.1) is 0 Å². The topological polar surface area (TPSA) is 15.3 Å². The van der Waals surface area contributed by atoms with Gasteiger partial charge in [-0.1, -0.05) is 13.3 Å². The van der Waals surface area contributed by atoms with Crippen LogP contribution in [0, 0.1) is 5.92 Å².